The molecule has 1 aromatic carbocycles. The van der Waals surface area contributed by atoms with Gasteiger partial charge in [-0.3, -0.25) is 0 Å². The minimum absolute atomic E-state index is 0.643. The highest BCUT2D eigenvalue weighted by molar-refractivity contribution is 6.33. The maximum Gasteiger partial charge on any atom is 0.138 e. The predicted octanol–water partition coefficient (Wildman–Crippen LogP) is 2.47. The van der Waals surface area contributed by atoms with Crippen LogP contribution in [0.4, 0.5) is 0 Å². The fourth-order valence-electron chi connectivity index (χ4n) is 1.64. The van der Waals surface area contributed by atoms with E-state index in [4.69, 9.17) is 22.1 Å². The van der Waals surface area contributed by atoms with Crippen molar-refractivity contribution in [3.63, 3.8) is 0 Å². The van der Waals surface area contributed by atoms with Gasteiger partial charge in [0.15, 0.2) is 0 Å². The lowest BCUT2D eigenvalue weighted by Crippen LogP contribution is -2.06. The monoisotopic (exact) mass is 213 g/mol. The second-order valence-corrected chi connectivity index (χ2v) is 3.73. The number of rotatable bonds is 3. The molecular weight excluding hydrogens is 198 g/mol. The number of nitrogens with two attached hydrogens (primary N) is 1. The van der Waals surface area contributed by atoms with Crippen molar-refractivity contribution in [1.29, 1.82) is 0 Å². The molecule has 3 heteroatoms. The molecule has 0 heterocycles. The number of aryl methyl sites for hydroxylation is 1. The van der Waals surface area contributed by atoms with Crippen LogP contribution in [0.2, 0.25) is 5.02 Å². The summed E-state index contributed by atoms with van der Waals surface area (Å²) in [5.74, 6) is 0.738. The van der Waals surface area contributed by atoms with Crippen LogP contribution in [0.25, 0.3) is 0 Å². The lowest BCUT2D eigenvalue weighted by atomic mass is 9.99. The second kappa shape index (κ2) is 4.67. The van der Waals surface area contributed by atoms with Crippen LogP contribution in [0.3, 0.4) is 0 Å². The summed E-state index contributed by atoms with van der Waals surface area (Å²) in [7, 11) is 1.63. The Bertz CT molecular complexity index is 337. The average Bonchev–Trinajstić information content (AvgIpc) is 2.18. The van der Waals surface area contributed by atoms with Gasteiger partial charge in [0.25, 0.3) is 0 Å². The van der Waals surface area contributed by atoms with Crippen molar-refractivity contribution in [2.45, 2.75) is 20.3 Å². The maximum atomic E-state index is 6.14. The first-order chi connectivity index (χ1) is 6.61. The number of ether oxygens (including phenoxy) is 1. The minimum atomic E-state index is 0.643. The molecule has 0 saturated heterocycles. The topological polar surface area (TPSA) is 35.2 Å². The lowest BCUT2D eigenvalue weighted by Gasteiger charge is -2.13. The Morgan fingerprint density at radius 1 is 1.43 bits per heavy atom. The minimum Gasteiger partial charge on any atom is -0.495 e. The van der Waals surface area contributed by atoms with E-state index >= 15 is 0 Å². The molecule has 0 spiro atoms. The fourth-order valence-corrected chi connectivity index (χ4v) is 1.88. The summed E-state index contributed by atoms with van der Waals surface area (Å²) in [6.45, 7) is 4.70. The van der Waals surface area contributed by atoms with Crippen LogP contribution in [-0.4, -0.2) is 13.7 Å². The van der Waals surface area contributed by atoms with Gasteiger partial charge in [-0.15, -0.1) is 0 Å². The Morgan fingerprint density at radius 2 is 2.07 bits per heavy atom. The van der Waals surface area contributed by atoms with Gasteiger partial charge in [0.2, 0.25) is 0 Å². The third kappa shape index (κ3) is 2.02. The molecule has 1 aromatic rings. The van der Waals surface area contributed by atoms with Crippen LogP contribution < -0.4 is 10.5 Å². The average molecular weight is 214 g/mol. The highest BCUT2D eigenvalue weighted by atomic mass is 35.5. The molecule has 0 saturated carbocycles. The SMILES string of the molecule is COc1cc(C)c(CCN)c(C)c1Cl. The molecule has 0 aliphatic carbocycles. The van der Waals surface area contributed by atoms with Crippen LogP contribution >= 0.6 is 11.6 Å². The van der Waals surface area contributed by atoms with E-state index in [2.05, 4.69) is 6.92 Å². The second-order valence-electron chi connectivity index (χ2n) is 3.35. The fraction of sp³-hybridized carbons (Fsp3) is 0.455. The number of hydrogen-bond donors (Lipinski definition) is 1. The highest BCUT2D eigenvalue weighted by Gasteiger charge is 2.11. The molecule has 1 rings (SSSR count). The van der Waals surface area contributed by atoms with Crippen molar-refractivity contribution >= 4 is 11.6 Å². The van der Waals surface area contributed by atoms with E-state index in [1.807, 2.05) is 13.0 Å². The van der Waals surface area contributed by atoms with Gasteiger partial charge in [-0.05, 0) is 49.6 Å². The van der Waals surface area contributed by atoms with E-state index in [0.717, 1.165) is 17.7 Å². The molecule has 2 N–H and O–H groups in total. The zero-order valence-electron chi connectivity index (χ0n) is 8.86. The van der Waals surface area contributed by atoms with E-state index in [1.165, 1.54) is 11.1 Å². The molecule has 14 heavy (non-hydrogen) atoms. The smallest absolute Gasteiger partial charge is 0.138 e. The normalized spacial score (nSPS) is 10.4. The Labute approximate surface area is 90.0 Å². The molecular formula is C11H16ClNO. The van der Waals surface area contributed by atoms with Crippen molar-refractivity contribution in [1.82, 2.24) is 0 Å². The summed E-state index contributed by atoms with van der Waals surface area (Å²) in [5, 5.41) is 0.696. The first-order valence-corrected chi connectivity index (χ1v) is 5.02. The molecule has 0 aromatic heterocycles. The van der Waals surface area contributed by atoms with Crippen molar-refractivity contribution in [3.8, 4) is 5.75 Å². The first-order valence-electron chi connectivity index (χ1n) is 4.64. The largest absolute Gasteiger partial charge is 0.495 e. The molecule has 0 aliphatic heterocycles. The van der Waals surface area contributed by atoms with Crippen molar-refractivity contribution in [3.05, 3.63) is 27.8 Å². The molecule has 2 nitrogen and oxygen atoms in total. The molecule has 0 fully saturated rings. The molecule has 0 aliphatic rings. The van der Waals surface area contributed by atoms with E-state index < -0.39 is 0 Å². The Morgan fingerprint density at radius 3 is 2.57 bits per heavy atom. The van der Waals surface area contributed by atoms with E-state index in [9.17, 15) is 0 Å². The first kappa shape index (κ1) is 11.3. The zero-order chi connectivity index (χ0) is 10.7. The summed E-state index contributed by atoms with van der Waals surface area (Å²) in [6, 6.07) is 1.96. The third-order valence-electron chi connectivity index (χ3n) is 2.44. The van der Waals surface area contributed by atoms with Crippen LogP contribution in [0, 0.1) is 13.8 Å². The molecule has 0 bridgehead atoms. The summed E-state index contributed by atoms with van der Waals surface area (Å²) in [4.78, 5) is 0. The van der Waals surface area contributed by atoms with Gasteiger partial charge in [0, 0.05) is 0 Å². The summed E-state index contributed by atoms with van der Waals surface area (Å²) in [6.07, 6.45) is 0.862. The zero-order valence-corrected chi connectivity index (χ0v) is 9.61. The van der Waals surface area contributed by atoms with Crippen molar-refractivity contribution in [2.75, 3.05) is 13.7 Å². The quantitative estimate of drug-likeness (QED) is 0.837. The van der Waals surface area contributed by atoms with Gasteiger partial charge in [-0.1, -0.05) is 11.6 Å². The molecule has 78 valence electrons. The number of hydrogen-bond acceptors (Lipinski definition) is 2. The van der Waals surface area contributed by atoms with E-state index in [1.54, 1.807) is 7.11 Å². The van der Waals surface area contributed by atoms with Crippen LogP contribution in [0.15, 0.2) is 6.07 Å². The number of methoxy groups -OCH3 is 1. The summed E-state index contributed by atoms with van der Waals surface area (Å²) >= 11 is 6.14. The van der Waals surface area contributed by atoms with Crippen LogP contribution in [0.5, 0.6) is 5.75 Å². The molecule has 0 radical (unpaired) electrons. The molecule has 0 atom stereocenters. The number of halogens is 1. The van der Waals surface area contributed by atoms with Crippen molar-refractivity contribution < 1.29 is 4.74 Å². The van der Waals surface area contributed by atoms with Gasteiger partial charge < -0.3 is 10.5 Å². The van der Waals surface area contributed by atoms with Gasteiger partial charge >= 0.3 is 0 Å². The Hall–Kier alpha value is -0.730. The predicted molar refractivity (Wildman–Crippen MR) is 60.2 cm³/mol. The summed E-state index contributed by atoms with van der Waals surface area (Å²) < 4.78 is 5.18. The van der Waals surface area contributed by atoms with Gasteiger partial charge in [0.1, 0.15) is 5.75 Å². The van der Waals surface area contributed by atoms with Gasteiger partial charge in [-0.25, -0.2) is 0 Å². The molecule has 0 amide bonds. The molecule has 0 unspecified atom stereocenters. The van der Waals surface area contributed by atoms with Crippen LogP contribution in [-0.2, 0) is 6.42 Å². The standard InChI is InChI=1S/C11H16ClNO/c1-7-6-10(14-3)11(12)8(2)9(7)4-5-13/h6H,4-5,13H2,1-3H3. The van der Waals surface area contributed by atoms with Crippen molar-refractivity contribution in [2.24, 2.45) is 5.73 Å². The Balaban J connectivity index is 3.26. The lowest BCUT2D eigenvalue weighted by molar-refractivity contribution is 0.414. The third-order valence-corrected chi connectivity index (χ3v) is 2.91. The summed E-state index contributed by atoms with van der Waals surface area (Å²) in [5.41, 5.74) is 9.05. The van der Waals surface area contributed by atoms with E-state index in [-0.39, 0.29) is 0 Å². The Kier molecular flexibility index (Phi) is 3.78. The van der Waals surface area contributed by atoms with E-state index in [0.29, 0.717) is 11.6 Å². The highest BCUT2D eigenvalue weighted by Crippen LogP contribution is 2.32. The number of benzene rings is 1. The van der Waals surface area contributed by atoms with Gasteiger partial charge in [0.05, 0.1) is 12.1 Å². The van der Waals surface area contributed by atoms with Gasteiger partial charge in [-0.2, -0.15) is 0 Å². The maximum absolute atomic E-state index is 6.14. The van der Waals surface area contributed by atoms with Crippen LogP contribution in [0.1, 0.15) is 16.7 Å².